The molecule has 1 aromatic carbocycles. The van der Waals surface area contributed by atoms with Crippen molar-refractivity contribution in [3.63, 3.8) is 0 Å². The van der Waals surface area contributed by atoms with E-state index in [1.807, 2.05) is 0 Å². The fraction of sp³-hybridized carbons (Fsp3) is 0.400. The predicted molar refractivity (Wildman–Crippen MR) is 51.3 cm³/mol. The second-order valence-corrected chi connectivity index (χ2v) is 3.81. The van der Waals surface area contributed by atoms with Crippen LogP contribution in [-0.2, 0) is 6.42 Å². The third-order valence-corrected chi connectivity index (χ3v) is 2.98. The summed E-state index contributed by atoms with van der Waals surface area (Å²) in [6.45, 7) is 0. The zero-order valence-corrected chi connectivity index (χ0v) is 7.94. The first-order valence-electron chi connectivity index (χ1n) is 4.42. The first-order chi connectivity index (χ1) is 6.20. The second kappa shape index (κ2) is 3.28. The molecule has 13 heavy (non-hydrogen) atoms. The van der Waals surface area contributed by atoms with Gasteiger partial charge in [0, 0.05) is 6.04 Å². The Morgan fingerprint density at radius 3 is 3.00 bits per heavy atom. The van der Waals surface area contributed by atoms with Crippen molar-refractivity contribution in [2.45, 2.75) is 25.3 Å². The van der Waals surface area contributed by atoms with Crippen LogP contribution in [0.1, 0.15) is 30.0 Å². The molecular formula is C10H11ClFN. The van der Waals surface area contributed by atoms with Gasteiger partial charge in [0.25, 0.3) is 0 Å². The molecule has 1 aromatic rings. The molecule has 0 unspecified atom stereocenters. The molecule has 1 aliphatic carbocycles. The maximum Gasteiger partial charge on any atom is 0.142 e. The molecule has 0 amide bonds. The molecule has 0 saturated carbocycles. The van der Waals surface area contributed by atoms with Gasteiger partial charge in [-0.05, 0) is 36.5 Å². The summed E-state index contributed by atoms with van der Waals surface area (Å²) in [5.41, 5.74) is 7.80. The first kappa shape index (κ1) is 8.97. The monoisotopic (exact) mass is 199 g/mol. The molecule has 0 spiro atoms. The summed E-state index contributed by atoms with van der Waals surface area (Å²) in [5.74, 6) is -0.338. The van der Waals surface area contributed by atoms with Crippen molar-refractivity contribution in [3.8, 4) is 0 Å². The summed E-state index contributed by atoms with van der Waals surface area (Å²) in [6.07, 6.45) is 2.81. The van der Waals surface area contributed by atoms with E-state index in [1.165, 1.54) is 6.07 Å². The van der Waals surface area contributed by atoms with Crippen molar-refractivity contribution in [1.29, 1.82) is 0 Å². The topological polar surface area (TPSA) is 26.0 Å². The van der Waals surface area contributed by atoms with Gasteiger partial charge in [-0.15, -0.1) is 0 Å². The zero-order chi connectivity index (χ0) is 9.42. The van der Waals surface area contributed by atoms with E-state index in [9.17, 15) is 4.39 Å². The molecule has 0 fully saturated rings. The summed E-state index contributed by atoms with van der Waals surface area (Å²) in [7, 11) is 0. The summed E-state index contributed by atoms with van der Waals surface area (Å²) in [5, 5.41) is 0.257. The summed E-state index contributed by atoms with van der Waals surface area (Å²) in [6, 6.07) is 3.18. The largest absolute Gasteiger partial charge is 0.324 e. The fourth-order valence-electron chi connectivity index (χ4n) is 1.86. The summed E-state index contributed by atoms with van der Waals surface area (Å²) < 4.78 is 13.1. The van der Waals surface area contributed by atoms with Crippen molar-refractivity contribution >= 4 is 11.6 Å². The lowest BCUT2D eigenvalue weighted by molar-refractivity contribution is 0.560. The van der Waals surface area contributed by atoms with Gasteiger partial charge < -0.3 is 5.73 Å². The van der Waals surface area contributed by atoms with Crippen LogP contribution in [0.25, 0.3) is 0 Å². The van der Waals surface area contributed by atoms with Crippen LogP contribution in [0.5, 0.6) is 0 Å². The fourth-order valence-corrected chi connectivity index (χ4v) is 2.13. The average Bonchev–Trinajstić information content (AvgIpc) is 2.12. The Balaban J connectivity index is 2.56. The smallest absolute Gasteiger partial charge is 0.142 e. The van der Waals surface area contributed by atoms with Crippen molar-refractivity contribution in [2.24, 2.45) is 5.73 Å². The lowest BCUT2D eigenvalue weighted by atomic mass is 9.88. The van der Waals surface area contributed by atoms with Gasteiger partial charge in [-0.3, -0.25) is 0 Å². The van der Waals surface area contributed by atoms with Crippen LogP contribution in [0, 0.1) is 5.82 Å². The molecule has 1 atom stereocenters. The van der Waals surface area contributed by atoms with E-state index in [0.29, 0.717) is 0 Å². The highest BCUT2D eigenvalue weighted by Crippen LogP contribution is 2.33. The Morgan fingerprint density at radius 2 is 2.23 bits per heavy atom. The highest BCUT2D eigenvalue weighted by Gasteiger charge is 2.20. The van der Waals surface area contributed by atoms with Crippen LogP contribution < -0.4 is 5.73 Å². The molecule has 0 aromatic heterocycles. The predicted octanol–water partition coefficient (Wildman–Crippen LogP) is 2.82. The molecular weight excluding hydrogens is 189 g/mol. The minimum atomic E-state index is -0.338. The van der Waals surface area contributed by atoms with Crippen molar-refractivity contribution in [2.75, 3.05) is 0 Å². The van der Waals surface area contributed by atoms with Crippen LogP contribution in [0.3, 0.4) is 0 Å². The van der Waals surface area contributed by atoms with Gasteiger partial charge in [-0.25, -0.2) is 4.39 Å². The Morgan fingerprint density at radius 1 is 1.46 bits per heavy atom. The molecule has 0 bridgehead atoms. The Labute approximate surface area is 81.7 Å². The Hall–Kier alpha value is -0.600. The van der Waals surface area contributed by atoms with Crippen LogP contribution in [0.2, 0.25) is 5.02 Å². The highest BCUT2D eigenvalue weighted by molar-refractivity contribution is 6.31. The lowest BCUT2D eigenvalue weighted by Crippen LogP contribution is -2.17. The van der Waals surface area contributed by atoms with Crippen LogP contribution >= 0.6 is 11.6 Å². The van der Waals surface area contributed by atoms with Crippen LogP contribution in [0.4, 0.5) is 4.39 Å². The lowest BCUT2D eigenvalue weighted by Gasteiger charge is -2.23. The average molecular weight is 200 g/mol. The minimum Gasteiger partial charge on any atom is -0.324 e. The zero-order valence-electron chi connectivity index (χ0n) is 7.19. The van der Waals surface area contributed by atoms with Crippen molar-refractivity contribution < 1.29 is 4.39 Å². The van der Waals surface area contributed by atoms with Gasteiger partial charge in [0.05, 0.1) is 5.02 Å². The molecule has 70 valence electrons. The van der Waals surface area contributed by atoms with Crippen LogP contribution in [0.15, 0.2) is 12.1 Å². The highest BCUT2D eigenvalue weighted by atomic mass is 35.5. The van der Waals surface area contributed by atoms with Gasteiger partial charge in [0.2, 0.25) is 0 Å². The number of fused-ring (bicyclic) bond motifs is 1. The van der Waals surface area contributed by atoms with E-state index < -0.39 is 0 Å². The third kappa shape index (κ3) is 1.45. The van der Waals surface area contributed by atoms with E-state index in [2.05, 4.69) is 0 Å². The number of rotatable bonds is 0. The van der Waals surface area contributed by atoms with Crippen molar-refractivity contribution in [1.82, 2.24) is 0 Å². The number of halogens is 2. The normalized spacial score (nSPS) is 21.3. The Kier molecular flexibility index (Phi) is 2.26. The molecule has 2 N–H and O–H groups in total. The molecule has 0 heterocycles. The van der Waals surface area contributed by atoms with Crippen molar-refractivity contribution in [3.05, 3.63) is 34.1 Å². The van der Waals surface area contributed by atoms with E-state index in [-0.39, 0.29) is 16.9 Å². The van der Waals surface area contributed by atoms with Gasteiger partial charge in [-0.1, -0.05) is 17.7 Å². The standard InChI is InChI=1S/C10H11ClFN/c11-10-7-2-1-3-9(13)6(7)4-5-8(10)12/h4-5,9H,1-3,13H2/t9-/m0/s1. The number of hydrogen-bond acceptors (Lipinski definition) is 1. The molecule has 3 heteroatoms. The maximum atomic E-state index is 13.1. The third-order valence-electron chi connectivity index (χ3n) is 2.57. The number of nitrogens with two attached hydrogens (primary N) is 1. The molecule has 1 aliphatic rings. The first-order valence-corrected chi connectivity index (χ1v) is 4.80. The molecule has 2 rings (SSSR count). The van der Waals surface area contributed by atoms with Gasteiger partial charge in [0.1, 0.15) is 5.82 Å². The van der Waals surface area contributed by atoms with E-state index in [0.717, 1.165) is 30.4 Å². The molecule has 0 radical (unpaired) electrons. The maximum absolute atomic E-state index is 13.1. The van der Waals surface area contributed by atoms with Gasteiger partial charge in [0.15, 0.2) is 0 Å². The van der Waals surface area contributed by atoms with E-state index in [1.54, 1.807) is 6.07 Å². The minimum absolute atomic E-state index is 0.0295. The van der Waals surface area contributed by atoms with Gasteiger partial charge in [-0.2, -0.15) is 0 Å². The van der Waals surface area contributed by atoms with E-state index >= 15 is 0 Å². The second-order valence-electron chi connectivity index (χ2n) is 3.43. The van der Waals surface area contributed by atoms with Gasteiger partial charge >= 0.3 is 0 Å². The number of hydrogen-bond donors (Lipinski definition) is 1. The summed E-state index contributed by atoms with van der Waals surface area (Å²) >= 11 is 5.85. The quantitative estimate of drug-likeness (QED) is 0.683. The summed E-state index contributed by atoms with van der Waals surface area (Å²) in [4.78, 5) is 0. The SMILES string of the molecule is N[C@H]1CCCc2c1ccc(F)c2Cl. The Bertz CT molecular complexity index is 338. The van der Waals surface area contributed by atoms with Crippen LogP contribution in [-0.4, -0.2) is 0 Å². The van der Waals surface area contributed by atoms with E-state index in [4.69, 9.17) is 17.3 Å². The number of benzene rings is 1. The molecule has 0 aliphatic heterocycles. The molecule has 0 saturated heterocycles. The molecule has 1 nitrogen and oxygen atoms in total.